The van der Waals surface area contributed by atoms with E-state index < -0.39 is 25.8 Å². The van der Waals surface area contributed by atoms with Gasteiger partial charge in [0.2, 0.25) is 0 Å². The van der Waals surface area contributed by atoms with Crippen molar-refractivity contribution in [2.24, 2.45) is 0 Å². The molecule has 0 N–H and O–H groups in total. The molecule has 9 heteroatoms. The Morgan fingerprint density at radius 3 is 1.46 bits per heavy atom. The van der Waals surface area contributed by atoms with Gasteiger partial charge < -0.3 is 4.52 Å². The Hall–Kier alpha value is -0.230. The molecule has 0 aromatic rings. The second kappa shape index (κ2) is 3.49. The van der Waals surface area contributed by atoms with Gasteiger partial charge in [0.05, 0.1) is 6.61 Å². The first-order chi connectivity index (χ1) is 5.56. The molecule has 0 atom stereocenters. The summed E-state index contributed by atoms with van der Waals surface area (Å²) in [7, 11) is -6.59. The van der Waals surface area contributed by atoms with Crippen molar-refractivity contribution in [1.82, 2.24) is 0 Å². The lowest BCUT2D eigenvalue weighted by molar-refractivity contribution is -0.112. The molecule has 80 valence electrons. The number of hydrogen-bond donors (Lipinski definition) is 0. The number of rotatable bonds is 2. The molecule has 0 radical (unpaired) electrons. The topological polar surface area (TPSA) is 26.3 Å². The molecule has 0 aromatic carbocycles. The van der Waals surface area contributed by atoms with Crippen LogP contribution in [0.5, 0.6) is 0 Å². The van der Waals surface area contributed by atoms with E-state index >= 15 is 0 Å². The van der Waals surface area contributed by atoms with E-state index in [1.807, 2.05) is 0 Å². The van der Waals surface area contributed by atoms with E-state index in [9.17, 15) is 30.9 Å². The van der Waals surface area contributed by atoms with E-state index in [1.165, 1.54) is 0 Å². The monoisotopic (exact) mass is 230 g/mol. The van der Waals surface area contributed by atoms with Crippen LogP contribution < -0.4 is 0 Å². The zero-order chi connectivity index (χ0) is 10.9. The fourth-order valence-corrected chi connectivity index (χ4v) is 1.42. The first kappa shape index (κ1) is 12.8. The summed E-state index contributed by atoms with van der Waals surface area (Å²) in [4.78, 5) is 0. The van der Waals surface area contributed by atoms with Crippen molar-refractivity contribution >= 4 is 7.37 Å². The van der Waals surface area contributed by atoms with Crippen molar-refractivity contribution in [2.75, 3.05) is 6.61 Å². The van der Waals surface area contributed by atoms with Crippen LogP contribution in [0.3, 0.4) is 0 Å². The highest BCUT2D eigenvalue weighted by Gasteiger charge is 2.69. The van der Waals surface area contributed by atoms with E-state index in [0.29, 0.717) is 0 Å². The second-order valence-electron chi connectivity index (χ2n) is 1.90. The van der Waals surface area contributed by atoms with Gasteiger partial charge in [-0.1, -0.05) is 0 Å². The third-order valence-electron chi connectivity index (χ3n) is 0.978. The maximum atomic E-state index is 11.7. The van der Waals surface area contributed by atoms with Crippen LogP contribution in [0, 0.1) is 0 Å². The maximum absolute atomic E-state index is 11.7. The Labute approximate surface area is 69.3 Å². The third-order valence-corrected chi connectivity index (χ3v) is 2.94. The van der Waals surface area contributed by atoms with Crippen molar-refractivity contribution in [2.45, 2.75) is 18.8 Å². The summed E-state index contributed by atoms with van der Waals surface area (Å²) in [5.41, 5.74) is 0. The molecule has 0 rings (SSSR count). The lowest BCUT2D eigenvalue weighted by Gasteiger charge is -2.21. The SMILES string of the molecule is CCOP(=O)(C(F)(F)F)C(F)(F)F. The minimum atomic E-state index is -6.59. The summed E-state index contributed by atoms with van der Waals surface area (Å²) >= 11 is 0. The van der Waals surface area contributed by atoms with Gasteiger partial charge in [-0.05, 0) is 6.92 Å². The summed E-state index contributed by atoms with van der Waals surface area (Å²) < 4.78 is 83.7. The lowest BCUT2D eigenvalue weighted by Crippen LogP contribution is -2.24. The highest BCUT2D eigenvalue weighted by Crippen LogP contribution is 2.71. The molecule has 0 bridgehead atoms. The summed E-state index contributed by atoms with van der Waals surface area (Å²) in [5.74, 6) is -11.8. The van der Waals surface area contributed by atoms with Crippen molar-refractivity contribution in [3.63, 3.8) is 0 Å². The molecule has 0 spiro atoms. The quantitative estimate of drug-likeness (QED) is 0.537. The zero-order valence-corrected chi connectivity index (χ0v) is 7.13. The Bertz CT molecular complexity index is 200. The molecule has 0 heterocycles. The van der Waals surface area contributed by atoms with Crippen LogP contribution in [0.1, 0.15) is 6.92 Å². The van der Waals surface area contributed by atoms with Crippen molar-refractivity contribution in [3.05, 3.63) is 0 Å². The van der Waals surface area contributed by atoms with Gasteiger partial charge in [-0.25, -0.2) is 0 Å². The van der Waals surface area contributed by atoms with Gasteiger partial charge in [-0.2, -0.15) is 26.3 Å². The van der Waals surface area contributed by atoms with Crippen molar-refractivity contribution in [1.29, 1.82) is 0 Å². The van der Waals surface area contributed by atoms with Gasteiger partial charge in [0.15, 0.2) is 0 Å². The molecule has 0 fully saturated rings. The summed E-state index contributed by atoms with van der Waals surface area (Å²) in [6.45, 7) is -0.0274. The minimum absolute atomic E-state index is 0.893. The van der Waals surface area contributed by atoms with Gasteiger partial charge in [0.1, 0.15) is 0 Å². The molecule has 0 aliphatic heterocycles. The first-order valence-electron chi connectivity index (χ1n) is 2.94. The van der Waals surface area contributed by atoms with Gasteiger partial charge in [0.25, 0.3) is 0 Å². The van der Waals surface area contributed by atoms with Crippen LogP contribution >= 0.6 is 7.37 Å². The highest BCUT2D eigenvalue weighted by molar-refractivity contribution is 7.61. The maximum Gasteiger partial charge on any atom is 0.475 e. The molecular formula is C4H5F6O2P. The van der Waals surface area contributed by atoms with Gasteiger partial charge in [-0.3, -0.25) is 4.57 Å². The van der Waals surface area contributed by atoms with E-state index in [-0.39, 0.29) is 0 Å². The number of halogens is 6. The standard InChI is InChI=1S/C4H5F6O2P/c1-2-12-13(11,3(5,6)7)4(8,9)10/h2H2,1H3. The van der Waals surface area contributed by atoms with E-state index in [0.717, 1.165) is 6.92 Å². The number of alkyl halides is 6. The molecule has 0 aromatic heterocycles. The Balaban J connectivity index is 5.10. The predicted molar refractivity (Wildman–Crippen MR) is 31.3 cm³/mol. The molecule has 0 aliphatic carbocycles. The summed E-state index contributed by atoms with van der Waals surface area (Å²) in [5, 5.41) is 0. The smallest absolute Gasteiger partial charge is 0.316 e. The van der Waals surface area contributed by atoms with Crippen LogP contribution in [0.25, 0.3) is 0 Å². The van der Waals surface area contributed by atoms with E-state index in [2.05, 4.69) is 4.52 Å². The Morgan fingerprint density at radius 2 is 1.38 bits per heavy atom. The average molecular weight is 230 g/mol. The van der Waals surface area contributed by atoms with E-state index in [1.54, 1.807) is 0 Å². The molecule has 0 aliphatic rings. The Morgan fingerprint density at radius 1 is 1.08 bits per heavy atom. The van der Waals surface area contributed by atoms with Gasteiger partial charge in [-0.15, -0.1) is 0 Å². The third kappa shape index (κ3) is 2.37. The van der Waals surface area contributed by atoms with Crippen LogP contribution in [0.4, 0.5) is 26.3 Å². The molecule has 0 saturated heterocycles. The van der Waals surface area contributed by atoms with Crippen LogP contribution in [-0.4, -0.2) is 18.4 Å². The first-order valence-corrected chi connectivity index (χ1v) is 4.57. The largest absolute Gasteiger partial charge is 0.475 e. The molecular weight excluding hydrogens is 225 g/mol. The predicted octanol–water partition coefficient (Wildman–Crippen LogP) is 3.34. The van der Waals surface area contributed by atoms with Crippen LogP contribution in [0.2, 0.25) is 0 Å². The summed E-state index contributed by atoms with van der Waals surface area (Å²) in [6.07, 6.45) is 0. The fourth-order valence-electron chi connectivity index (χ4n) is 0.472. The zero-order valence-electron chi connectivity index (χ0n) is 6.24. The average Bonchev–Trinajstić information content (AvgIpc) is 1.82. The van der Waals surface area contributed by atoms with Crippen LogP contribution in [-0.2, 0) is 9.09 Å². The van der Waals surface area contributed by atoms with Crippen LogP contribution in [0.15, 0.2) is 0 Å². The number of hydrogen-bond acceptors (Lipinski definition) is 2. The van der Waals surface area contributed by atoms with Crippen molar-refractivity contribution in [3.8, 4) is 0 Å². The second-order valence-corrected chi connectivity index (χ2v) is 4.28. The summed E-state index contributed by atoms with van der Waals surface area (Å²) in [6, 6.07) is 0. The van der Waals surface area contributed by atoms with Gasteiger partial charge >= 0.3 is 19.2 Å². The Kier molecular flexibility index (Phi) is 3.43. The molecule has 0 unspecified atom stereocenters. The van der Waals surface area contributed by atoms with Crippen molar-refractivity contribution < 1.29 is 35.4 Å². The minimum Gasteiger partial charge on any atom is -0.316 e. The molecule has 0 amide bonds. The molecule has 0 saturated carbocycles. The normalized spacial score (nSPS) is 14.7. The highest BCUT2D eigenvalue weighted by atomic mass is 31.2. The molecule has 2 nitrogen and oxygen atoms in total. The van der Waals surface area contributed by atoms with E-state index in [4.69, 9.17) is 0 Å². The van der Waals surface area contributed by atoms with Gasteiger partial charge in [0, 0.05) is 0 Å². The molecule has 13 heavy (non-hydrogen) atoms. The fraction of sp³-hybridized carbons (Fsp3) is 1.00. The lowest BCUT2D eigenvalue weighted by atomic mass is 10.9.